The normalized spacial score (nSPS) is 26.9. The molecule has 0 spiro atoms. The number of carbonyl (C=O) groups excluding carboxylic acids is 2. The number of carbonyl (C=O) groups is 2. The summed E-state index contributed by atoms with van der Waals surface area (Å²) < 4.78 is 33.5. The van der Waals surface area contributed by atoms with Crippen LogP contribution in [0.25, 0.3) is 0 Å². The number of aliphatic hydroxyl groups is 7. The van der Waals surface area contributed by atoms with Crippen molar-refractivity contribution in [3.63, 3.8) is 0 Å². The highest BCUT2D eigenvalue weighted by molar-refractivity contribution is 5.70. The molecule has 0 aromatic rings. The third kappa shape index (κ3) is 25.1. The van der Waals surface area contributed by atoms with Crippen molar-refractivity contribution >= 4 is 11.9 Å². The van der Waals surface area contributed by atoms with Gasteiger partial charge in [-0.25, -0.2) is 0 Å². The van der Waals surface area contributed by atoms with E-state index in [0.29, 0.717) is 12.8 Å². The summed E-state index contributed by atoms with van der Waals surface area (Å²) in [6.07, 6.45) is 16.8. The van der Waals surface area contributed by atoms with Crippen molar-refractivity contribution in [2.75, 3.05) is 26.4 Å². The second-order valence-electron chi connectivity index (χ2n) is 17.6. The molecular formula is C48H88O15. The molecule has 2 heterocycles. The van der Waals surface area contributed by atoms with Crippen LogP contribution in [0.2, 0.25) is 0 Å². The van der Waals surface area contributed by atoms with Crippen LogP contribution < -0.4 is 0 Å². The minimum Gasteiger partial charge on any atom is -0.462 e. The van der Waals surface area contributed by atoms with Gasteiger partial charge in [0.25, 0.3) is 0 Å². The van der Waals surface area contributed by atoms with Gasteiger partial charge in [-0.05, 0) is 38.5 Å². The molecule has 2 aliphatic rings. The lowest BCUT2D eigenvalue weighted by Gasteiger charge is -2.42. The molecule has 370 valence electrons. The number of esters is 2. The Morgan fingerprint density at radius 3 is 1.40 bits per heavy atom. The van der Waals surface area contributed by atoms with E-state index in [0.717, 1.165) is 51.4 Å². The maximum absolute atomic E-state index is 13.0. The molecule has 0 radical (unpaired) electrons. The minimum absolute atomic E-state index is 0.164. The first-order valence-corrected chi connectivity index (χ1v) is 24.8. The Morgan fingerprint density at radius 1 is 0.492 bits per heavy atom. The third-order valence-electron chi connectivity index (χ3n) is 12.0. The van der Waals surface area contributed by atoms with Crippen molar-refractivity contribution in [2.24, 2.45) is 0 Å². The van der Waals surface area contributed by atoms with E-state index >= 15 is 0 Å². The number of hydrogen-bond acceptors (Lipinski definition) is 15. The van der Waals surface area contributed by atoms with Gasteiger partial charge in [0.1, 0.15) is 55.4 Å². The van der Waals surface area contributed by atoms with E-state index in [4.69, 9.17) is 28.4 Å². The molecule has 15 nitrogen and oxygen atoms in total. The van der Waals surface area contributed by atoms with Crippen LogP contribution in [0, 0.1) is 0 Å². The summed E-state index contributed by atoms with van der Waals surface area (Å²) in [5.74, 6) is -0.925. The van der Waals surface area contributed by atoms with Gasteiger partial charge in [0.2, 0.25) is 0 Å². The highest BCUT2D eigenvalue weighted by Crippen LogP contribution is 2.26. The summed E-state index contributed by atoms with van der Waals surface area (Å²) in [5, 5.41) is 71.9. The van der Waals surface area contributed by atoms with Crippen LogP contribution in [0.5, 0.6) is 0 Å². The highest BCUT2D eigenvalue weighted by Gasteiger charge is 2.47. The maximum Gasteiger partial charge on any atom is 0.306 e. The molecule has 11 atom stereocenters. The first-order valence-electron chi connectivity index (χ1n) is 24.8. The van der Waals surface area contributed by atoms with Crippen LogP contribution in [0.4, 0.5) is 0 Å². The molecule has 2 saturated heterocycles. The Hall–Kier alpha value is -1.76. The van der Waals surface area contributed by atoms with E-state index in [1.807, 2.05) is 0 Å². The number of rotatable bonds is 38. The van der Waals surface area contributed by atoms with Gasteiger partial charge in [-0.2, -0.15) is 0 Å². The smallest absolute Gasteiger partial charge is 0.306 e. The van der Waals surface area contributed by atoms with Gasteiger partial charge < -0.3 is 64.2 Å². The molecule has 0 aliphatic carbocycles. The second-order valence-corrected chi connectivity index (χ2v) is 17.6. The summed E-state index contributed by atoms with van der Waals surface area (Å²) in [6.45, 7) is 2.57. The Morgan fingerprint density at radius 2 is 0.905 bits per heavy atom. The fraction of sp³-hybridized carbons (Fsp3) is 0.917. The van der Waals surface area contributed by atoms with Crippen LogP contribution in [0.1, 0.15) is 187 Å². The lowest BCUT2D eigenvalue weighted by atomic mass is 9.98. The Balaban J connectivity index is 1.81. The molecule has 11 unspecified atom stereocenters. The minimum atomic E-state index is -1.76. The summed E-state index contributed by atoms with van der Waals surface area (Å²) in [6, 6.07) is 0. The fourth-order valence-corrected chi connectivity index (χ4v) is 7.86. The number of unbranched alkanes of at least 4 members (excludes halogenated alkanes) is 22. The van der Waals surface area contributed by atoms with Crippen molar-refractivity contribution < 1.29 is 73.8 Å². The maximum atomic E-state index is 13.0. The predicted molar refractivity (Wildman–Crippen MR) is 238 cm³/mol. The summed E-state index contributed by atoms with van der Waals surface area (Å²) in [4.78, 5) is 25.6. The highest BCUT2D eigenvalue weighted by atomic mass is 16.7. The second kappa shape index (κ2) is 36.4. The SMILES string of the molecule is CCCCCCCC/C=C\CCCCCCCCCC(=O)OC(COC(=O)CCCCCCCCCCCC)COC1OC(COC2OC(CO)C(O)C(O)C2O)C(O)C(O)C1O. The fourth-order valence-electron chi connectivity index (χ4n) is 7.86. The van der Waals surface area contributed by atoms with E-state index < -0.39 is 92.7 Å². The van der Waals surface area contributed by atoms with Crippen LogP contribution >= 0.6 is 0 Å². The molecule has 7 N–H and O–H groups in total. The summed E-state index contributed by atoms with van der Waals surface area (Å²) >= 11 is 0. The van der Waals surface area contributed by atoms with Gasteiger partial charge in [0.05, 0.1) is 19.8 Å². The van der Waals surface area contributed by atoms with Crippen molar-refractivity contribution in [3.8, 4) is 0 Å². The Labute approximate surface area is 378 Å². The van der Waals surface area contributed by atoms with Crippen molar-refractivity contribution in [2.45, 2.75) is 255 Å². The molecule has 2 fully saturated rings. The molecule has 0 bridgehead atoms. The lowest BCUT2D eigenvalue weighted by Crippen LogP contribution is -2.61. The zero-order valence-electron chi connectivity index (χ0n) is 38.8. The van der Waals surface area contributed by atoms with E-state index in [2.05, 4.69) is 26.0 Å². The number of ether oxygens (including phenoxy) is 6. The van der Waals surface area contributed by atoms with Crippen LogP contribution in [0.3, 0.4) is 0 Å². The summed E-state index contributed by atoms with van der Waals surface area (Å²) in [5.41, 5.74) is 0. The zero-order valence-corrected chi connectivity index (χ0v) is 38.8. The average Bonchev–Trinajstić information content (AvgIpc) is 3.28. The van der Waals surface area contributed by atoms with Crippen LogP contribution in [0.15, 0.2) is 12.2 Å². The molecule has 0 aromatic heterocycles. The van der Waals surface area contributed by atoms with Crippen LogP contribution in [-0.2, 0) is 38.0 Å². The largest absolute Gasteiger partial charge is 0.462 e. The number of allylic oxidation sites excluding steroid dienone is 2. The van der Waals surface area contributed by atoms with E-state index in [1.54, 1.807) is 0 Å². The van der Waals surface area contributed by atoms with Crippen LogP contribution in [-0.4, -0.2) is 142 Å². The molecule has 2 aliphatic heterocycles. The van der Waals surface area contributed by atoms with Crippen molar-refractivity contribution in [1.29, 1.82) is 0 Å². The molecular weight excluding hydrogens is 817 g/mol. The topological polar surface area (TPSA) is 231 Å². The Kier molecular flexibility index (Phi) is 33.1. The Bertz CT molecular complexity index is 1160. The molecule has 0 saturated carbocycles. The lowest BCUT2D eigenvalue weighted by molar-refractivity contribution is -0.332. The van der Waals surface area contributed by atoms with Gasteiger partial charge in [-0.3, -0.25) is 9.59 Å². The first-order chi connectivity index (χ1) is 30.5. The molecule has 0 aromatic carbocycles. The van der Waals surface area contributed by atoms with E-state index in [1.165, 1.54) is 96.3 Å². The summed E-state index contributed by atoms with van der Waals surface area (Å²) in [7, 11) is 0. The first kappa shape index (κ1) is 57.4. The van der Waals surface area contributed by atoms with Crippen molar-refractivity contribution in [3.05, 3.63) is 12.2 Å². The molecule has 15 heteroatoms. The monoisotopic (exact) mass is 905 g/mol. The van der Waals surface area contributed by atoms with Crippen molar-refractivity contribution in [1.82, 2.24) is 0 Å². The number of aliphatic hydroxyl groups excluding tert-OH is 7. The standard InChI is InChI=1S/C48H88O15/c1-3-5-7-9-11-13-15-16-17-18-19-20-21-23-25-27-29-31-40(51)61-36(33-58-39(50)30-28-26-24-22-14-12-10-8-6-4-2)34-59-47-46(57)44(55)42(53)38(63-47)35-60-48-45(56)43(54)41(52)37(32-49)62-48/h16-17,36-38,41-49,52-57H,3-15,18-35H2,1-2H3/b17-16-. The van der Waals surface area contributed by atoms with Gasteiger partial charge in [-0.1, -0.05) is 148 Å². The molecule has 63 heavy (non-hydrogen) atoms. The number of hydrogen-bond donors (Lipinski definition) is 7. The van der Waals surface area contributed by atoms with Gasteiger partial charge in [-0.15, -0.1) is 0 Å². The van der Waals surface area contributed by atoms with Gasteiger partial charge in [0.15, 0.2) is 18.7 Å². The van der Waals surface area contributed by atoms with E-state index in [-0.39, 0.29) is 26.1 Å². The quantitative estimate of drug-likeness (QED) is 0.0208. The predicted octanol–water partition coefficient (Wildman–Crippen LogP) is 6.21. The molecule has 0 amide bonds. The third-order valence-corrected chi connectivity index (χ3v) is 12.0. The zero-order chi connectivity index (χ0) is 46.1. The average molecular weight is 905 g/mol. The molecule has 2 rings (SSSR count). The van der Waals surface area contributed by atoms with Gasteiger partial charge >= 0.3 is 11.9 Å². The van der Waals surface area contributed by atoms with E-state index in [9.17, 15) is 45.3 Å². The van der Waals surface area contributed by atoms with Gasteiger partial charge in [0, 0.05) is 12.8 Å².